The molecule has 1 rings (SSSR count). The lowest BCUT2D eigenvalue weighted by atomic mass is 10.0. The van der Waals surface area contributed by atoms with E-state index in [2.05, 4.69) is 12.2 Å². The van der Waals surface area contributed by atoms with Crippen LogP contribution >= 0.6 is 11.8 Å². The van der Waals surface area contributed by atoms with Crippen LogP contribution in [0, 0.1) is 11.8 Å². The first-order valence-electron chi connectivity index (χ1n) is 6.10. The van der Waals surface area contributed by atoms with Crippen LogP contribution in [0.2, 0.25) is 0 Å². The van der Waals surface area contributed by atoms with Crippen molar-refractivity contribution in [3.8, 4) is 0 Å². The minimum atomic E-state index is -0.767. The van der Waals surface area contributed by atoms with Crippen LogP contribution in [-0.2, 0) is 9.59 Å². The van der Waals surface area contributed by atoms with Crippen LogP contribution in [0.4, 0.5) is 0 Å². The number of carboxylic acid groups (broad SMARTS) is 1. The minimum Gasteiger partial charge on any atom is -0.481 e. The third kappa shape index (κ3) is 4.22. The fraction of sp³-hybridized carbons (Fsp3) is 0.833. The van der Waals surface area contributed by atoms with Crippen LogP contribution in [0.3, 0.4) is 0 Å². The summed E-state index contributed by atoms with van der Waals surface area (Å²) in [6.45, 7) is 2.05. The number of amides is 1. The molecular weight excluding hydrogens is 238 g/mol. The van der Waals surface area contributed by atoms with E-state index in [1.54, 1.807) is 11.8 Å². The highest BCUT2D eigenvalue weighted by molar-refractivity contribution is 7.98. The molecule has 1 amide bonds. The molecule has 4 nitrogen and oxygen atoms in total. The summed E-state index contributed by atoms with van der Waals surface area (Å²) in [5, 5.41) is 11.9. The number of hydrogen-bond acceptors (Lipinski definition) is 3. The summed E-state index contributed by atoms with van der Waals surface area (Å²) >= 11 is 1.72. The van der Waals surface area contributed by atoms with Gasteiger partial charge in [0.1, 0.15) is 0 Å². The van der Waals surface area contributed by atoms with Crippen molar-refractivity contribution in [3.63, 3.8) is 0 Å². The zero-order valence-corrected chi connectivity index (χ0v) is 11.3. The smallest absolute Gasteiger partial charge is 0.306 e. The van der Waals surface area contributed by atoms with Crippen molar-refractivity contribution in [2.24, 2.45) is 11.8 Å². The van der Waals surface area contributed by atoms with Crippen molar-refractivity contribution < 1.29 is 14.7 Å². The predicted octanol–water partition coefficient (Wildman–Crippen LogP) is 1.75. The van der Waals surface area contributed by atoms with Crippen molar-refractivity contribution in [1.82, 2.24) is 5.32 Å². The molecule has 17 heavy (non-hydrogen) atoms. The summed E-state index contributed by atoms with van der Waals surface area (Å²) in [6.07, 6.45) is 4.77. The van der Waals surface area contributed by atoms with Crippen LogP contribution in [-0.4, -0.2) is 35.0 Å². The SMILES string of the molecule is CCC(CSC)NC(=O)[C@@H]1CC[C@H](C(=O)O)C1. The average molecular weight is 259 g/mol. The van der Waals surface area contributed by atoms with Gasteiger partial charge < -0.3 is 10.4 Å². The molecule has 5 heteroatoms. The van der Waals surface area contributed by atoms with Gasteiger partial charge in [0.05, 0.1) is 5.92 Å². The van der Waals surface area contributed by atoms with Crippen molar-refractivity contribution in [1.29, 1.82) is 0 Å². The lowest BCUT2D eigenvalue weighted by molar-refractivity contribution is -0.141. The van der Waals surface area contributed by atoms with E-state index in [4.69, 9.17) is 5.11 Å². The summed E-state index contributed by atoms with van der Waals surface area (Å²) in [5.41, 5.74) is 0. The molecule has 1 saturated carbocycles. The van der Waals surface area contributed by atoms with Crippen LogP contribution in [0.5, 0.6) is 0 Å². The van der Waals surface area contributed by atoms with E-state index in [1.807, 2.05) is 6.26 Å². The van der Waals surface area contributed by atoms with Crippen molar-refractivity contribution >= 4 is 23.6 Å². The molecule has 0 bridgehead atoms. The van der Waals surface area contributed by atoms with Crippen molar-refractivity contribution in [2.45, 2.75) is 38.6 Å². The predicted molar refractivity (Wildman–Crippen MR) is 69.1 cm³/mol. The number of hydrogen-bond donors (Lipinski definition) is 2. The highest BCUT2D eigenvalue weighted by atomic mass is 32.2. The number of thioether (sulfide) groups is 1. The Morgan fingerprint density at radius 3 is 2.53 bits per heavy atom. The van der Waals surface area contributed by atoms with Crippen molar-refractivity contribution in [3.05, 3.63) is 0 Å². The Kier molecular flexibility index (Phi) is 5.82. The number of aliphatic carboxylic acids is 1. The molecule has 1 aliphatic rings. The number of rotatable bonds is 6. The lowest BCUT2D eigenvalue weighted by Gasteiger charge is -2.18. The maximum Gasteiger partial charge on any atom is 0.306 e. The number of carbonyl (C=O) groups excluding carboxylic acids is 1. The Morgan fingerprint density at radius 1 is 1.41 bits per heavy atom. The first-order valence-corrected chi connectivity index (χ1v) is 7.50. The second-order valence-corrected chi connectivity index (χ2v) is 5.52. The van der Waals surface area contributed by atoms with Crippen LogP contribution in [0.25, 0.3) is 0 Å². The molecular formula is C12H21NO3S. The largest absolute Gasteiger partial charge is 0.481 e. The van der Waals surface area contributed by atoms with Gasteiger partial charge in [0.15, 0.2) is 0 Å². The Bertz CT molecular complexity index is 283. The molecule has 0 aromatic carbocycles. The third-order valence-electron chi connectivity index (χ3n) is 3.36. The number of carbonyl (C=O) groups is 2. The molecule has 1 unspecified atom stereocenters. The average Bonchev–Trinajstić information content (AvgIpc) is 2.77. The van der Waals surface area contributed by atoms with Gasteiger partial charge in [-0.25, -0.2) is 0 Å². The highest BCUT2D eigenvalue weighted by Crippen LogP contribution is 2.31. The minimum absolute atomic E-state index is 0.0367. The fourth-order valence-corrected chi connectivity index (χ4v) is 2.95. The van der Waals surface area contributed by atoms with Crippen LogP contribution in [0.1, 0.15) is 32.6 Å². The molecule has 98 valence electrons. The molecule has 3 atom stereocenters. The second kappa shape index (κ2) is 6.89. The Labute approximate surface area is 107 Å². The van der Waals surface area contributed by atoms with Gasteiger partial charge in [0, 0.05) is 17.7 Å². The molecule has 1 fully saturated rings. The Morgan fingerprint density at radius 2 is 2.06 bits per heavy atom. The van der Waals surface area contributed by atoms with E-state index in [0.29, 0.717) is 19.3 Å². The summed E-state index contributed by atoms with van der Waals surface area (Å²) in [6, 6.07) is 0.210. The van der Waals surface area contributed by atoms with Gasteiger partial charge in [-0.3, -0.25) is 9.59 Å². The lowest BCUT2D eigenvalue weighted by Crippen LogP contribution is -2.39. The topological polar surface area (TPSA) is 66.4 Å². The summed E-state index contributed by atoms with van der Waals surface area (Å²) in [7, 11) is 0. The van der Waals surface area contributed by atoms with E-state index >= 15 is 0 Å². The molecule has 2 N–H and O–H groups in total. The zero-order valence-electron chi connectivity index (χ0n) is 10.4. The van der Waals surface area contributed by atoms with Crippen LogP contribution < -0.4 is 5.32 Å². The maximum atomic E-state index is 11.9. The number of nitrogens with one attached hydrogen (secondary N) is 1. The zero-order chi connectivity index (χ0) is 12.8. The van der Waals surface area contributed by atoms with Crippen LogP contribution in [0.15, 0.2) is 0 Å². The molecule has 0 saturated heterocycles. The van der Waals surface area contributed by atoms with E-state index in [-0.39, 0.29) is 23.8 Å². The number of carboxylic acids is 1. The molecule has 0 aliphatic heterocycles. The third-order valence-corrected chi connectivity index (χ3v) is 4.10. The normalized spacial score (nSPS) is 25.5. The van der Waals surface area contributed by atoms with E-state index in [0.717, 1.165) is 12.2 Å². The standard InChI is InChI=1S/C12H21NO3S/c1-3-10(7-17-2)13-11(14)8-4-5-9(6-8)12(15)16/h8-10H,3-7H2,1-2H3,(H,13,14)(H,15,16)/t8-,9+,10?/m1/s1. The Balaban J connectivity index is 2.41. The van der Waals surface area contributed by atoms with Gasteiger partial charge >= 0.3 is 5.97 Å². The first kappa shape index (κ1) is 14.4. The molecule has 0 spiro atoms. The van der Waals surface area contributed by atoms with Gasteiger partial charge in [0.25, 0.3) is 0 Å². The summed E-state index contributed by atoms with van der Waals surface area (Å²) < 4.78 is 0. The molecule has 0 aromatic rings. The van der Waals surface area contributed by atoms with Gasteiger partial charge in [-0.2, -0.15) is 11.8 Å². The molecule has 1 aliphatic carbocycles. The highest BCUT2D eigenvalue weighted by Gasteiger charge is 2.34. The van der Waals surface area contributed by atoms with Gasteiger partial charge in [-0.1, -0.05) is 6.92 Å². The quantitative estimate of drug-likeness (QED) is 0.762. The Hall–Kier alpha value is -0.710. The van der Waals surface area contributed by atoms with E-state index in [9.17, 15) is 9.59 Å². The first-order chi connectivity index (χ1) is 8.08. The molecule has 0 radical (unpaired) electrons. The summed E-state index contributed by atoms with van der Waals surface area (Å²) in [5.74, 6) is -0.249. The van der Waals surface area contributed by atoms with E-state index in [1.165, 1.54) is 0 Å². The van der Waals surface area contributed by atoms with Gasteiger partial charge in [0.2, 0.25) is 5.91 Å². The second-order valence-electron chi connectivity index (χ2n) is 4.61. The molecule has 0 aromatic heterocycles. The van der Waals surface area contributed by atoms with E-state index < -0.39 is 5.97 Å². The monoisotopic (exact) mass is 259 g/mol. The maximum absolute atomic E-state index is 11.9. The fourth-order valence-electron chi connectivity index (χ4n) is 2.23. The van der Waals surface area contributed by atoms with Gasteiger partial charge in [-0.15, -0.1) is 0 Å². The van der Waals surface area contributed by atoms with Crippen molar-refractivity contribution in [2.75, 3.05) is 12.0 Å². The molecule has 0 heterocycles. The van der Waals surface area contributed by atoms with Gasteiger partial charge in [-0.05, 0) is 31.9 Å². The summed E-state index contributed by atoms with van der Waals surface area (Å²) in [4.78, 5) is 22.8.